The molecule has 2 aliphatic rings. The van der Waals surface area contributed by atoms with E-state index in [1.807, 2.05) is 12.1 Å². The van der Waals surface area contributed by atoms with Crippen LogP contribution in [0.2, 0.25) is 0 Å². The molecule has 1 fully saturated rings. The average molecular weight is 260 g/mol. The second-order valence-corrected chi connectivity index (χ2v) is 5.11. The summed E-state index contributed by atoms with van der Waals surface area (Å²) in [5.74, 6) is 2.94. The molecule has 0 spiro atoms. The first-order chi connectivity index (χ1) is 9.31. The van der Waals surface area contributed by atoms with Gasteiger partial charge in [-0.3, -0.25) is 0 Å². The molecule has 5 heteroatoms. The first-order valence-corrected chi connectivity index (χ1v) is 6.72. The molecule has 4 rings (SSSR count). The van der Waals surface area contributed by atoms with Crippen LogP contribution in [0.3, 0.4) is 0 Å². The van der Waals surface area contributed by atoms with E-state index in [1.54, 1.807) is 0 Å². The zero-order valence-corrected chi connectivity index (χ0v) is 10.8. The third kappa shape index (κ3) is 1.76. The normalized spacial score (nSPS) is 25.9. The average Bonchev–Trinajstić information content (AvgIpc) is 3.01. The number of H-pyrrole nitrogens is 1. The molecule has 5 nitrogen and oxygen atoms in total. The molecule has 0 bridgehead atoms. The Kier molecular flexibility index (Phi) is 2.41. The molecule has 0 amide bonds. The fourth-order valence-electron chi connectivity index (χ4n) is 2.83. The maximum atomic E-state index is 5.61. The fourth-order valence-corrected chi connectivity index (χ4v) is 2.83. The van der Waals surface area contributed by atoms with Gasteiger partial charge < -0.3 is 19.2 Å². The molecule has 1 aromatic heterocycles. The van der Waals surface area contributed by atoms with Gasteiger partial charge in [-0.25, -0.2) is 4.98 Å². The maximum absolute atomic E-state index is 5.61. The van der Waals surface area contributed by atoms with Gasteiger partial charge in [-0.2, -0.15) is 0 Å². The molecule has 0 aliphatic carbocycles. The number of hydrogen-bond acceptors (Lipinski definition) is 4. The standard InChI is InChI=1S/C14H16N2O3/c1-8-9(2-3-17-8)14-15-10-6-12-13(7-11(10)16-14)19-5-4-18-12/h6-9H,2-5H2,1H3,(H,15,16). The topological polar surface area (TPSA) is 56.4 Å². The number of fused-ring (bicyclic) bond motifs is 2. The van der Waals surface area contributed by atoms with Gasteiger partial charge in [0.1, 0.15) is 19.0 Å². The lowest BCUT2D eigenvalue weighted by atomic mass is 10.0. The summed E-state index contributed by atoms with van der Waals surface area (Å²) >= 11 is 0. The van der Waals surface area contributed by atoms with Crippen molar-refractivity contribution in [1.29, 1.82) is 0 Å². The van der Waals surface area contributed by atoms with Crippen LogP contribution in [0, 0.1) is 0 Å². The van der Waals surface area contributed by atoms with Gasteiger partial charge in [0.2, 0.25) is 0 Å². The smallest absolute Gasteiger partial charge is 0.163 e. The highest BCUT2D eigenvalue weighted by Crippen LogP contribution is 2.36. The number of benzene rings is 1. The summed E-state index contributed by atoms with van der Waals surface area (Å²) in [6, 6.07) is 3.92. The molecule has 1 aromatic carbocycles. The van der Waals surface area contributed by atoms with E-state index in [-0.39, 0.29) is 6.10 Å². The minimum absolute atomic E-state index is 0.225. The Morgan fingerprint density at radius 2 is 1.95 bits per heavy atom. The van der Waals surface area contributed by atoms with E-state index in [4.69, 9.17) is 14.2 Å². The minimum Gasteiger partial charge on any atom is -0.486 e. The Morgan fingerprint density at radius 3 is 2.68 bits per heavy atom. The molecule has 2 aromatic rings. The van der Waals surface area contributed by atoms with Crippen molar-refractivity contribution >= 4 is 11.0 Å². The van der Waals surface area contributed by atoms with Crippen molar-refractivity contribution in [2.45, 2.75) is 25.4 Å². The van der Waals surface area contributed by atoms with E-state index in [9.17, 15) is 0 Å². The SMILES string of the molecule is CC1OCCC1c1nc2cc3c(cc2[nH]1)OCCO3. The third-order valence-electron chi connectivity index (χ3n) is 3.89. The van der Waals surface area contributed by atoms with Crippen molar-refractivity contribution in [3.05, 3.63) is 18.0 Å². The second-order valence-electron chi connectivity index (χ2n) is 5.11. The lowest BCUT2D eigenvalue weighted by Gasteiger charge is -2.17. The lowest BCUT2D eigenvalue weighted by molar-refractivity contribution is 0.117. The Hall–Kier alpha value is -1.75. The van der Waals surface area contributed by atoms with E-state index in [0.29, 0.717) is 19.1 Å². The molecule has 2 atom stereocenters. The van der Waals surface area contributed by atoms with Gasteiger partial charge in [-0.05, 0) is 13.3 Å². The second kappa shape index (κ2) is 4.13. The van der Waals surface area contributed by atoms with Crippen LogP contribution in [0.15, 0.2) is 12.1 Å². The van der Waals surface area contributed by atoms with Gasteiger partial charge in [0, 0.05) is 24.7 Å². The number of nitrogens with zero attached hydrogens (tertiary/aromatic N) is 1. The number of aromatic amines is 1. The van der Waals surface area contributed by atoms with Gasteiger partial charge in [-0.1, -0.05) is 0 Å². The van der Waals surface area contributed by atoms with Crippen LogP contribution in [0.25, 0.3) is 11.0 Å². The first-order valence-electron chi connectivity index (χ1n) is 6.72. The van der Waals surface area contributed by atoms with Crippen molar-refractivity contribution in [3.63, 3.8) is 0 Å². The molecule has 0 saturated carbocycles. The van der Waals surface area contributed by atoms with Crippen molar-refractivity contribution in [1.82, 2.24) is 9.97 Å². The summed E-state index contributed by atoms with van der Waals surface area (Å²) in [6.45, 7) is 4.12. The van der Waals surface area contributed by atoms with Crippen LogP contribution in [0.1, 0.15) is 25.1 Å². The number of ether oxygens (including phenoxy) is 3. The van der Waals surface area contributed by atoms with Crippen LogP contribution in [-0.4, -0.2) is 35.9 Å². The van der Waals surface area contributed by atoms with Crippen LogP contribution in [0.4, 0.5) is 0 Å². The number of rotatable bonds is 1. The molecule has 2 unspecified atom stereocenters. The lowest BCUT2D eigenvalue weighted by Crippen LogP contribution is -2.15. The van der Waals surface area contributed by atoms with E-state index in [1.165, 1.54) is 0 Å². The summed E-state index contributed by atoms with van der Waals surface area (Å²) in [5, 5.41) is 0. The number of aromatic nitrogens is 2. The molecule has 2 aliphatic heterocycles. The van der Waals surface area contributed by atoms with Gasteiger partial charge >= 0.3 is 0 Å². The molecule has 1 saturated heterocycles. The molecule has 1 N–H and O–H groups in total. The largest absolute Gasteiger partial charge is 0.486 e. The molecule has 0 radical (unpaired) electrons. The predicted molar refractivity (Wildman–Crippen MR) is 69.9 cm³/mol. The van der Waals surface area contributed by atoms with E-state index < -0.39 is 0 Å². The van der Waals surface area contributed by atoms with Crippen LogP contribution < -0.4 is 9.47 Å². The van der Waals surface area contributed by atoms with Gasteiger partial charge in [-0.15, -0.1) is 0 Å². The first kappa shape index (κ1) is 11.1. The zero-order valence-electron chi connectivity index (χ0n) is 10.8. The highest BCUT2D eigenvalue weighted by atomic mass is 16.6. The zero-order chi connectivity index (χ0) is 12.8. The van der Waals surface area contributed by atoms with Gasteiger partial charge in [0.25, 0.3) is 0 Å². The monoisotopic (exact) mass is 260 g/mol. The molecular weight excluding hydrogens is 244 g/mol. The summed E-state index contributed by atoms with van der Waals surface area (Å²) in [4.78, 5) is 8.07. The maximum Gasteiger partial charge on any atom is 0.163 e. The summed E-state index contributed by atoms with van der Waals surface area (Å²) in [5.41, 5.74) is 1.93. The molecule has 3 heterocycles. The van der Waals surface area contributed by atoms with Crippen LogP contribution in [-0.2, 0) is 4.74 Å². The highest BCUT2D eigenvalue weighted by molar-refractivity contribution is 5.80. The number of imidazole rings is 1. The molecular formula is C14H16N2O3. The van der Waals surface area contributed by atoms with Crippen molar-refractivity contribution in [3.8, 4) is 11.5 Å². The number of nitrogens with one attached hydrogen (secondary N) is 1. The van der Waals surface area contributed by atoms with E-state index >= 15 is 0 Å². The van der Waals surface area contributed by atoms with E-state index in [2.05, 4.69) is 16.9 Å². The van der Waals surface area contributed by atoms with Gasteiger partial charge in [0.15, 0.2) is 11.5 Å². The summed E-state index contributed by atoms with van der Waals surface area (Å²) < 4.78 is 16.8. The fraction of sp³-hybridized carbons (Fsp3) is 0.500. The number of hydrogen-bond donors (Lipinski definition) is 1. The van der Waals surface area contributed by atoms with Crippen molar-refractivity contribution < 1.29 is 14.2 Å². The predicted octanol–water partition coefficient (Wildman–Crippen LogP) is 2.23. The summed E-state index contributed by atoms with van der Waals surface area (Å²) in [7, 11) is 0. The Balaban J connectivity index is 1.78. The van der Waals surface area contributed by atoms with Crippen LogP contribution >= 0.6 is 0 Å². The van der Waals surface area contributed by atoms with Crippen molar-refractivity contribution in [2.24, 2.45) is 0 Å². The Bertz CT molecular complexity index is 579. The molecule has 19 heavy (non-hydrogen) atoms. The highest BCUT2D eigenvalue weighted by Gasteiger charge is 2.28. The third-order valence-corrected chi connectivity index (χ3v) is 3.89. The van der Waals surface area contributed by atoms with Gasteiger partial charge in [0.05, 0.1) is 17.1 Å². The van der Waals surface area contributed by atoms with Crippen molar-refractivity contribution in [2.75, 3.05) is 19.8 Å². The van der Waals surface area contributed by atoms with E-state index in [0.717, 1.165) is 41.4 Å². The quantitative estimate of drug-likeness (QED) is 0.854. The summed E-state index contributed by atoms with van der Waals surface area (Å²) in [6.07, 6.45) is 1.25. The minimum atomic E-state index is 0.225. The van der Waals surface area contributed by atoms with Crippen LogP contribution in [0.5, 0.6) is 11.5 Å². The molecule has 100 valence electrons. The Morgan fingerprint density at radius 1 is 1.16 bits per heavy atom. The Labute approximate surface area is 110 Å².